The van der Waals surface area contributed by atoms with Crippen LogP contribution in [0.1, 0.15) is 49.9 Å². The topological polar surface area (TPSA) is 49.3 Å². The molecule has 1 saturated carbocycles. The van der Waals surface area contributed by atoms with Gasteiger partial charge in [0.15, 0.2) is 0 Å². The molecule has 1 aromatic carbocycles. The van der Waals surface area contributed by atoms with E-state index in [1.807, 2.05) is 0 Å². The van der Waals surface area contributed by atoms with Crippen LogP contribution < -0.4 is 5.32 Å². The molecule has 4 heteroatoms. The third kappa shape index (κ3) is 3.46. The second kappa shape index (κ2) is 5.19. The van der Waals surface area contributed by atoms with E-state index in [2.05, 4.69) is 19.2 Å². The lowest BCUT2D eigenvalue weighted by molar-refractivity contribution is 0.0899. The van der Waals surface area contributed by atoms with Crippen molar-refractivity contribution in [3.05, 3.63) is 29.6 Å². The minimum absolute atomic E-state index is 0.00313. The molecule has 19 heavy (non-hydrogen) atoms. The van der Waals surface area contributed by atoms with E-state index in [0.717, 1.165) is 37.8 Å². The van der Waals surface area contributed by atoms with Gasteiger partial charge in [-0.2, -0.15) is 0 Å². The summed E-state index contributed by atoms with van der Waals surface area (Å²) in [6, 6.07) is 3.50. The fraction of sp³-hybridized carbons (Fsp3) is 0.533. The van der Waals surface area contributed by atoms with Crippen molar-refractivity contribution in [3.8, 4) is 5.75 Å². The summed E-state index contributed by atoms with van der Waals surface area (Å²) in [6.45, 7) is 4.37. The van der Waals surface area contributed by atoms with E-state index >= 15 is 0 Å². The molecule has 0 bridgehead atoms. The van der Waals surface area contributed by atoms with Crippen molar-refractivity contribution in [2.45, 2.75) is 45.6 Å². The quantitative estimate of drug-likeness (QED) is 0.862. The van der Waals surface area contributed by atoms with Gasteiger partial charge in [0.25, 0.3) is 5.91 Å². The Kier molecular flexibility index (Phi) is 3.78. The number of carbonyl (C=O) groups is 1. The van der Waals surface area contributed by atoms with Crippen LogP contribution in [0.25, 0.3) is 0 Å². The van der Waals surface area contributed by atoms with Crippen molar-refractivity contribution in [1.82, 2.24) is 5.32 Å². The van der Waals surface area contributed by atoms with Gasteiger partial charge in [-0.15, -0.1) is 0 Å². The minimum atomic E-state index is -0.521. The standard InChI is InChI=1S/C15H20FNO2/c1-15(2)7-3-4-11(9-15)17-14(19)12-8-10(16)5-6-13(12)18/h5-6,8,11,18H,3-4,7,9H2,1-2H3,(H,17,19). The van der Waals surface area contributed by atoms with Crippen molar-refractivity contribution in [1.29, 1.82) is 0 Å². The molecular weight excluding hydrogens is 245 g/mol. The molecule has 0 saturated heterocycles. The fourth-order valence-electron chi connectivity index (χ4n) is 2.77. The van der Waals surface area contributed by atoms with Crippen molar-refractivity contribution in [2.24, 2.45) is 5.41 Å². The lowest BCUT2D eigenvalue weighted by atomic mass is 9.75. The molecule has 0 radical (unpaired) electrons. The number of aromatic hydroxyl groups is 1. The van der Waals surface area contributed by atoms with Crippen LogP contribution in [0, 0.1) is 11.2 Å². The van der Waals surface area contributed by atoms with E-state index in [-0.39, 0.29) is 22.8 Å². The highest BCUT2D eigenvalue weighted by atomic mass is 19.1. The van der Waals surface area contributed by atoms with Crippen molar-refractivity contribution in [2.75, 3.05) is 0 Å². The highest BCUT2D eigenvalue weighted by Gasteiger charge is 2.29. The average molecular weight is 265 g/mol. The number of amides is 1. The van der Waals surface area contributed by atoms with Gasteiger partial charge >= 0.3 is 0 Å². The first-order valence-corrected chi connectivity index (χ1v) is 6.67. The Labute approximate surface area is 112 Å². The average Bonchev–Trinajstić information content (AvgIpc) is 2.31. The molecule has 0 aliphatic heterocycles. The molecule has 1 aliphatic carbocycles. The van der Waals surface area contributed by atoms with Gasteiger partial charge < -0.3 is 10.4 Å². The first kappa shape index (κ1) is 13.8. The van der Waals surface area contributed by atoms with Gasteiger partial charge in [-0.25, -0.2) is 4.39 Å². The van der Waals surface area contributed by atoms with Crippen LogP contribution in [0.5, 0.6) is 5.75 Å². The summed E-state index contributed by atoms with van der Waals surface area (Å²) in [7, 11) is 0. The largest absolute Gasteiger partial charge is 0.507 e. The van der Waals surface area contributed by atoms with E-state index < -0.39 is 11.7 Å². The Morgan fingerprint density at radius 1 is 1.47 bits per heavy atom. The highest BCUT2D eigenvalue weighted by molar-refractivity contribution is 5.96. The molecule has 1 amide bonds. The molecule has 1 aromatic rings. The van der Waals surface area contributed by atoms with Crippen molar-refractivity contribution >= 4 is 5.91 Å². The molecular formula is C15H20FNO2. The summed E-state index contributed by atoms with van der Waals surface area (Å²) in [6.07, 6.45) is 4.08. The molecule has 0 heterocycles. The second-order valence-corrected chi connectivity index (χ2v) is 6.09. The Morgan fingerprint density at radius 2 is 2.21 bits per heavy atom. The summed E-state index contributed by atoms with van der Waals surface area (Å²) < 4.78 is 13.1. The van der Waals surface area contributed by atoms with Gasteiger partial charge in [0.2, 0.25) is 0 Å². The number of carbonyl (C=O) groups excluding carboxylic acids is 1. The maximum absolute atomic E-state index is 13.1. The maximum Gasteiger partial charge on any atom is 0.255 e. The van der Waals surface area contributed by atoms with Crippen molar-refractivity contribution < 1.29 is 14.3 Å². The second-order valence-electron chi connectivity index (χ2n) is 6.09. The highest BCUT2D eigenvalue weighted by Crippen LogP contribution is 2.35. The fourth-order valence-corrected chi connectivity index (χ4v) is 2.77. The van der Waals surface area contributed by atoms with Gasteiger partial charge in [0.1, 0.15) is 11.6 Å². The van der Waals surface area contributed by atoms with Crippen LogP contribution in [0.3, 0.4) is 0 Å². The first-order valence-electron chi connectivity index (χ1n) is 6.67. The summed E-state index contributed by atoms with van der Waals surface area (Å²) in [5.74, 6) is -1.11. The zero-order valence-electron chi connectivity index (χ0n) is 11.4. The molecule has 0 spiro atoms. The van der Waals surface area contributed by atoms with Gasteiger partial charge in [0.05, 0.1) is 5.56 Å². The lowest BCUT2D eigenvalue weighted by Crippen LogP contribution is -2.40. The number of phenols is 1. The summed E-state index contributed by atoms with van der Waals surface area (Å²) in [5, 5.41) is 12.5. The Bertz CT molecular complexity index is 485. The zero-order chi connectivity index (χ0) is 14.0. The van der Waals surface area contributed by atoms with E-state index in [4.69, 9.17) is 0 Å². The zero-order valence-corrected chi connectivity index (χ0v) is 11.4. The van der Waals surface area contributed by atoms with Crippen LogP contribution in [-0.2, 0) is 0 Å². The monoisotopic (exact) mass is 265 g/mol. The first-order chi connectivity index (χ1) is 8.87. The molecule has 1 aliphatic rings. The normalized spacial score (nSPS) is 21.9. The number of benzene rings is 1. The van der Waals surface area contributed by atoms with Crippen molar-refractivity contribution in [3.63, 3.8) is 0 Å². The smallest absolute Gasteiger partial charge is 0.255 e. The van der Waals surface area contributed by atoms with E-state index in [9.17, 15) is 14.3 Å². The minimum Gasteiger partial charge on any atom is -0.507 e. The summed E-state index contributed by atoms with van der Waals surface area (Å²) in [4.78, 5) is 12.1. The SMILES string of the molecule is CC1(C)CCCC(NC(=O)c2cc(F)ccc2O)C1. The molecule has 104 valence electrons. The summed E-state index contributed by atoms with van der Waals surface area (Å²) >= 11 is 0. The van der Waals surface area contributed by atoms with Gasteiger partial charge in [0, 0.05) is 6.04 Å². The van der Waals surface area contributed by atoms with Crippen LogP contribution in [0.15, 0.2) is 18.2 Å². The number of hydrogen-bond donors (Lipinski definition) is 2. The van der Waals surface area contributed by atoms with E-state index in [0.29, 0.717) is 0 Å². The van der Waals surface area contributed by atoms with Crippen LogP contribution in [0.4, 0.5) is 4.39 Å². The van der Waals surface area contributed by atoms with Crippen LogP contribution >= 0.6 is 0 Å². The predicted molar refractivity (Wildman–Crippen MR) is 71.6 cm³/mol. The molecule has 3 nitrogen and oxygen atoms in total. The molecule has 1 unspecified atom stereocenters. The Balaban J connectivity index is 2.06. The maximum atomic E-state index is 13.1. The molecule has 2 N–H and O–H groups in total. The Hall–Kier alpha value is -1.58. The van der Waals surface area contributed by atoms with E-state index in [1.54, 1.807) is 0 Å². The number of hydrogen-bond acceptors (Lipinski definition) is 2. The molecule has 0 aromatic heterocycles. The predicted octanol–water partition coefficient (Wildman–Crippen LogP) is 3.23. The molecule has 1 atom stereocenters. The summed E-state index contributed by atoms with van der Waals surface area (Å²) in [5.41, 5.74) is 0.226. The van der Waals surface area contributed by atoms with Gasteiger partial charge in [-0.3, -0.25) is 4.79 Å². The lowest BCUT2D eigenvalue weighted by Gasteiger charge is -2.35. The number of nitrogens with one attached hydrogen (secondary N) is 1. The van der Waals surface area contributed by atoms with Crippen LogP contribution in [0.2, 0.25) is 0 Å². The Morgan fingerprint density at radius 3 is 2.89 bits per heavy atom. The number of halogens is 1. The number of rotatable bonds is 2. The third-order valence-electron chi connectivity index (χ3n) is 3.74. The van der Waals surface area contributed by atoms with E-state index in [1.165, 1.54) is 6.07 Å². The molecule has 2 rings (SSSR count). The van der Waals surface area contributed by atoms with Gasteiger partial charge in [-0.1, -0.05) is 20.3 Å². The van der Waals surface area contributed by atoms with Crippen LogP contribution in [-0.4, -0.2) is 17.1 Å². The van der Waals surface area contributed by atoms with Gasteiger partial charge in [-0.05, 0) is 42.9 Å². The number of phenolic OH excluding ortho intramolecular Hbond substituents is 1. The molecule has 1 fully saturated rings. The third-order valence-corrected chi connectivity index (χ3v) is 3.74.